The molecule has 0 radical (unpaired) electrons. The minimum atomic E-state index is -1.18. The van der Waals surface area contributed by atoms with Gasteiger partial charge in [0.05, 0.1) is 16.5 Å². The zero-order valence-electron chi connectivity index (χ0n) is 26.0. The van der Waals surface area contributed by atoms with Crippen molar-refractivity contribution in [2.24, 2.45) is 0 Å². The number of aliphatic carboxylic acids is 1. The number of thiocarbonyl (C=S) groups is 1. The molecule has 0 aromatic heterocycles. The van der Waals surface area contributed by atoms with E-state index in [0.29, 0.717) is 11.3 Å². The lowest BCUT2D eigenvalue weighted by Crippen LogP contribution is -2.37. The highest BCUT2D eigenvalue weighted by Crippen LogP contribution is 2.34. The number of ether oxygens (including phenoxy) is 2. The Kier molecular flexibility index (Phi) is 11.4. The number of carboxylic acid groups (broad SMARTS) is 1. The van der Waals surface area contributed by atoms with Gasteiger partial charge in [-0.15, -0.1) is 0 Å². The first-order valence-electron chi connectivity index (χ1n) is 15.0. The SMILES string of the molecule is CC(=O)OCC(c1ccccc1)N(Cc1ccccc1)C(=O)c1cc(C=C2SC(=S)N(CC(=O)O)C2=O)ccc1OCc1ccccc1. The van der Waals surface area contributed by atoms with E-state index in [1.165, 1.54) is 6.92 Å². The lowest BCUT2D eigenvalue weighted by molar-refractivity contribution is -0.142. The van der Waals surface area contributed by atoms with Crippen LogP contribution in [0, 0.1) is 0 Å². The van der Waals surface area contributed by atoms with E-state index in [4.69, 9.17) is 21.7 Å². The van der Waals surface area contributed by atoms with Gasteiger partial charge in [-0.1, -0.05) is 121 Å². The standard InChI is InChI=1S/C37H32N2O7S2/c1-25(40)45-24-31(29-15-9-4-10-16-29)38(21-26-11-5-2-6-12-26)35(43)30-19-28(17-18-32(30)46-23-27-13-7-3-8-14-27)20-33-36(44)39(22-34(41)42)37(47)48-33/h2-20,31H,21-24H2,1H3,(H,41,42). The number of hydrogen-bond donors (Lipinski definition) is 1. The molecular weight excluding hydrogens is 649 g/mol. The van der Waals surface area contributed by atoms with Crippen molar-refractivity contribution in [2.45, 2.75) is 26.1 Å². The Bertz CT molecular complexity index is 1830. The molecule has 1 unspecified atom stereocenters. The van der Waals surface area contributed by atoms with Gasteiger partial charge in [-0.25, -0.2) is 0 Å². The molecule has 1 aliphatic heterocycles. The summed E-state index contributed by atoms with van der Waals surface area (Å²) in [5.41, 5.74) is 3.27. The van der Waals surface area contributed by atoms with Gasteiger partial charge in [0.2, 0.25) is 0 Å². The summed E-state index contributed by atoms with van der Waals surface area (Å²) < 4.78 is 11.9. The maximum absolute atomic E-state index is 14.8. The largest absolute Gasteiger partial charge is 0.488 e. The molecule has 1 saturated heterocycles. The number of benzene rings is 4. The fraction of sp³-hybridized carbons (Fsp3) is 0.162. The van der Waals surface area contributed by atoms with Crippen molar-refractivity contribution in [1.29, 1.82) is 0 Å². The summed E-state index contributed by atoms with van der Waals surface area (Å²) in [5, 5.41) is 9.23. The van der Waals surface area contributed by atoms with Gasteiger partial charge < -0.3 is 19.5 Å². The number of thioether (sulfide) groups is 1. The lowest BCUT2D eigenvalue weighted by Gasteiger charge is -2.32. The smallest absolute Gasteiger partial charge is 0.323 e. The van der Waals surface area contributed by atoms with Crippen LogP contribution in [0.3, 0.4) is 0 Å². The Labute approximate surface area is 287 Å². The maximum Gasteiger partial charge on any atom is 0.323 e. The van der Waals surface area contributed by atoms with Crippen LogP contribution in [-0.2, 0) is 32.3 Å². The summed E-state index contributed by atoms with van der Waals surface area (Å²) in [6.45, 7) is 1.09. The molecule has 11 heteroatoms. The molecular formula is C37H32N2O7S2. The Balaban J connectivity index is 1.59. The van der Waals surface area contributed by atoms with Gasteiger partial charge in [0.15, 0.2) is 0 Å². The zero-order chi connectivity index (χ0) is 34.0. The van der Waals surface area contributed by atoms with Gasteiger partial charge in [-0.05, 0) is 40.5 Å². The van der Waals surface area contributed by atoms with Crippen molar-refractivity contribution < 1.29 is 33.8 Å². The van der Waals surface area contributed by atoms with Crippen molar-refractivity contribution in [3.8, 4) is 5.75 Å². The van der Waals surface area contributed by atoms with Gasteiger partial charge in [-0.2, -0.15) is 0 Å². The van der Waals surface area contributed by atoms with Crippen molar-refractivity contribution in [3.05, 3.63) is 142 Å². The van der Waals surface area contributed by atoms with E-state index in [9.17, 15) is 24.3 Å². The molecule has 4 aromatic rings. The predicted octanol–water partition coefficient (Wildman–Crippen LogP) is 6.50. The summed E-state index contributed by atoms with van der Waals surface area (Å²) in [6.07, 6.45) is 1.58. The van der Waals surface area contributed by atoms with Crippen molar-refractivity contribution in [1.82, 2.24) is 9.80 Å². The summed E-state index contributed by atoms with van der Waals surface area (Å²) in [5.74, 6) is -2.26. The molecule has 0 spiro atoms. The summed E-state index contributed by atoms with van der Waals surface area (Å²) in [7, 11) is 0. The number of esters is 1. The maximum atomic E-state index is 14.8. The molecule has 2 amide bonds. The van der Waals surface area contributed by atoms with Crippen LogP contribution in [0.25, 0.3) is 6.08 Å². The minimum Gasteiger partial charge on any atom is -0.488 e. The minimum absolute atomic E-state index is 0.0795. The van der Waals surface area contributed by atoms with E-state index in [1.807, 2.05) is 91.0 Å². The molecule has 5 rings (SSSR count). The van der Waals surface area contributed by atoms with Crippen molar-refractivity contribution in [3.63, 3.8) is 0 Å². The van der Waals surface area contributed by atoms with Gasteiger partial charge in [-0.3, -0.25) is 24.1 Å². The monoisotopic (exact) mass is 680 g/mol. The first-order chi connectivity index (χ1) is 23.2. The number of carbonyl (C=O) groups is 4. The van der Waals surface area contributed by atoms with Gasteiger partial charge >= 0.3 is 11.9 Å². The normalized spacial score (nSPS) is 14.1. The van der Waals surface area contributed by atoms with E-state index < -0.39 is 36.3 Å². The van der Waals surface area contributed by atoms with Crippen LogP contribution in [0.5, 0.6) is 5.75 Å². The molecule has 9 nitrogen and oxygen atoms in total. The van der Waals surface area contributed by atoms with Crippen molar-refractivity contribution in [2.75, 3.05) is 13.2 Å². The number of carbonyl (C=O) groups excluding carboxylic acids is 3. The Morgan fingerprint density at radius 2 is 1.54 bits per heavy atom. The molecule has 0 aliphatic carbocycles. The fourth-order valence-corrected chi connectivity index (χ4v) is 6.34. The molecule has 1 heterocycles. The van der Waals surface area contributed by atoms with Crippen LogP contribution >= 0.6 is 24.0 Å². The third kappa shape index (κ3) is 8.75. The molecule has 48 heavy (non-hydrogen) atoms. The van der Waals surface area contributed by atoms with Crippen LogP contribution in [-0.4, -0.2) is 56.1 Å². The number of amides is 2. The van der Waals surface area contributed by atoms with Crippen LogP contribution in [0.2, 0.25) is 0 Å². The molecule has 1 N–H and O–H groups in total. The molecule has 0 saturated carbocycles. The van der Waals surface area contributed by atoms with E-state index >= 15 is 0 Å². The average molecular weight is 681 g/mol. The Morgan fingerprint density at radius 1 is 0.917 bits per heavy atom. The van der Waals surface area contributed by atoms with Crippen LogP contribution < -0.4 is 4.74 Å². The molecule has 1 aliphatic rings. The summed E-state index contributed by atoms with van der Waals surface area (Å²) in [4.78, 5) is 54.1. The second-order valence-electron chi connectivity index (χ2n) is 10.8. The highest BCUT2D eigenvalue weighted by atomic mass is 32.2. The number of hydrogen-bond acceptors (Lipinski definition) is 8. The lowest BCUT2D eigenvalue weighted by atomic mass is 10.0. The van der Waals surface area contributed by atoms with Gasteiger partial charge in [0.1, 0.15) is 29.8 Å². The number of rotatable bonds is 13. The third-order valence-electron chi connectivity index (χ3n) is 7.40. The molecule has 0 bridgehead atoms. The summed E-state index contributed by atoms with van der Waals surface area (Å²) in [6, 6.07) is 32.7. The Hall–Kier alpha value is -5.26. The van der Waals surface area contributed by atoms with E-state index in [1.54, 1.807) is 29.2 Å². The van der Waals surface area contributed by atoms with Gasteiger partial charge in [0, 0.05) is 13.5 Å². The topological polar surface area (TPSA) is 113 Å². The number of nitrogens with zero attached hydrogens (tertiary/aromatic N) is 2. The van der Waals surface area contributed by atoms with E-state index in [-0.39, 0.29) is 34.5 Å². The zero-order valence-corrected chi connectivity index (χ0v) is 27.6. The van der Waals surface area contributed by atoms with E-state index in [0.717, 1.165) is 33.4 Å². The average Bonchev–Trinajstić information content (AvgIpc) is 3.34. The number of carboxylic acids is 1. The molecule has 1 atom stereocenters. The van der Waals surface area contributed by atoms with Crippen LogP contribution in [0.4, 0.5) is 0 Å². The molecule has 4 aromatic carbocycles. The highest BCUT2D eigenvalue weighted by molar-refractivity contribution is 8.26. The molecule has 244 valence electrons. The summed E-state index contributed by atoms with van der Waals surface area (Å²) >= 11 is 6.25. The van der Waals surface area contributed by atoms with Gasteiger partial charge in [0.25, 0.3) is 11.8 Å². The second kappa shape index (κ2) is 16.0. The first-order valence-corrected chi connectivity index (χ1v) is 16.2. The fourth-order valence-electron chi connectivity index (χ4n) is 5.08. The second-order valence-corrected chi connectivity index (χ2v) is 12.5. The quantitative estimate of drug-likeness (QED) is 0.0961. The van der Waals surface area contributed by atoms with E-state index in [2.05, 4.69) is 0 Å². The third-order valence-corrected chi connectivity index (χ3v) is 8.78. The highest BCUT2D eigenvalue weighted by Gasteiger charge is 2.34. The molecule has 1 fully saturated rings. The Morgan fingerprint density at radius 3 is 2.17 bits per heavy atom. The predicted molar refractivity (Wildman–Crippen MR) is 187 cm³/mol. The van der Waals surface area contributed by atoms with Crippen molar-refractivity contribution >= 4 is 58.1 Å². The van der Waals surface area contributed by atoms with Crippen LogP contribution in [0.1, 0.15) is 45.6 Å². The first kappa shape index (κ1) is 34.1. The van der Waals surface area contributed by atoms with Crippen LogP contribution in [0.15, 0.2) is 114 Å².